The Morgan fingerprint density at radius 3 is 0.908 bits per heavy atom. The van der Waals surface area contributed by atoms with Gasteiger partial charge < -0.3 is 0 Å². The molecule has 458 valence electrons. The third-order valence-corrected chi connectivity index (χ3v) is 24.8. The molecule has 20 rings (SSSR count). The molecule has 0 N–H and O–H groups in total. The summed E-state index contributed by atoms with van der Waals surface area (Å²) < 4.78 is 7.96. The zero-order valence-corrected chi connectivity index (χ0v) is 56.5. The normalized spacial score (nSPS) is 13.1. The van der Waals surface area contributed by atoms with Crippen LogP contribution in [0.25, 0.3) is 72.0 Å². The van der Waals surface area contributed by atoms with Crippen molar-refractivity contribution in [1.29, 1.82) is 0 Å². The molecule has 0 radical (unpaired) electrons. The van der Waals surface area contributed by atoms with E-state index in [9.17, 15) is 0 Å². The number of aromatic nitrogens is 1. The molecule has 0 aliphatic carbocycles. The second kappa shape index (κ2) is 23.1. The van der Waals surface area contributed by atoms with E-state index in [-0.39, 0.29) is 36.6 Å². The Morgan fingerprint density at radius 2 is 0.531 bits per heavy atom. The molecular formula is C90H58BN5Se2. The third-order valence-electron chi connectivity index (χ3n) is 20.1. The van der Waals surface area contributed by atoms with Gasteiger partial charge in [-0.15, -0.1) is 0 Å². The topological polar surface area (TPSA) is 17.9 Å². The Bertz CT molecular complexity index is 5400. The van der Waals surface area contributed by atoms with Gasteiger partial charge in [-0.25, -0.2) is 0 Å². The molecule has 5 heterocycles. The number of rotatable bonds is 9. The number of anilines is 12. The van der Waals surface area contributed by atoms with E-state index in [1.807, 2.05) is 0 Å². The molecule has 4 aliphatic heterocycles. The van der Waals surface area contributed by atoms with Crippen molar-refractivity contribution in [2.24, 2.45) is 0 Å². The van der Waals surface area contributed by atoms with Crippen LogP contribution in [0.5, 0.6) is 0 Å². The summed E-state index contributed by atoms with van der Waals surface area (Å²) >= 11 is 0.202. The fourth-order valence-corrected chi connectivity index (χ4v) is 20.2. The van der Waals surface area contributed by atoms with Crippen LogP contribution in [0.1, 0.15) is 0 Å². The van der Waals surface area contributed by atoms with Crippen molar-refractivity contribution in [3.63, 3.8) is 0 Å². The molecule has 0 amide bonds. The van der Waals surface area contributed by atoms with Gasteiger partial charge in [0.25, 0.3) is 0 Å². The van der Waals surface area contributed by atoms with Crippen molar-refractivity contribution in [3.8, 4) is 50.2 Å². The molecule has 0 saturated heterocycles. The maximum absolute atomic E-state index is 2.62. The van der Waals surface area contributed by atoms with E-state index in [1.165, 1.54) is 90.0 Å². The minimum absolute atomic E-state index is 0.101. The van der Waals surface area contributed by atoms with E-state index in [0.717, 1.165) is 84.5 Å². The molecule has 1 aromatic heterocycles. The Labute approximate surface area is 582 Å². The molecule has 8 heteroatoms. The van der Waals surface area contributed by atoms with Gasteiger partial charge in [-0.2, -0.15) is 0 Å². The number of benzene rings is 15. The summed E-state index contributed by atoms with van der Waals surface area (Å²) in [5.74, 6) is 0. The SMILES string of the molecule is c1ccc(-c2ccc(N3c4cc(N5c6ccccc6[Se]c6ccccc65)c(-c5ccccc5)cc4B4c5cc(-c6ccccc6)c(N6c7ccccc7[Se]c7ccccc76)cc5N(c5ccc(-c6ccccc6)cc5)c5cc(-n6c7ccccc7c7ccccc76)cc3c54)cc2)cc1. The summed E-state index contributed by atoms with van der Waals surface area (Å²) in [4.78, 5) is 10.4. The van der Waals surface area contributed by atoms with Crippen LogP contribution in [0.4, 0.5) is 68.2 Å². The molecule has 0 bridgehead atoms. The van der Waals surface area contributed by atoms with Crippen molar-refractivity contribution >= 4 is 161 Å². The average Bonchev–Trinajstić information content (AvgIpc) is 0.743. The summed E-state index contributed by atoms with van der Waals surface area (Å²) in [5, 5.41) is 2.43. The minimum atomic E-state index is -0.279. The van der Waals surface area contributed by atoms with Crippen LogP contribution in [0.3, 0.4) is 0 Å². The maximum Gasteiger partial charge on any atom is -0.0544 e. The number of hydrogen-bond acceptors (Lipinski definition) is 4. The molecule has 16 aromatic rings. The molecule has 0 fully saturated rings. The van der Waals surface area contributed by atoms with E-state index >= 15 is 0 Å². The number of fused-ring (bicyclic) bond motifs is 11. The van der Waals surface area contributed by atoms with Crippen LogP contribution in [0, 0.1) is 0 Å². The second-order valence-electron chi connectivity index (χ2n) is 25.5. The van der Waals surface area contributed by atoms with E-state index in [4.69, 9.17) is 0 Å². The standard InChI is InChI=1S/C90H58BN5Se2/c1-5-25-59(26-6-1)61-45-49-65(50-46-61)92-82-57-80(95-76-37-17-21-41-86(76)97-87-42-22-18-38-77(87)95)70(63-29-9-3-10-30-63)55-72(82)91-73-56-71(64-31-11-4-12-32-64)81(96-78-39-19-23-43-88(78)98-89-44-24-20-40-79(89)96)58-83(73)93(66-51-47-62(48-52-66)60-27-7-2-8-28-60)85-54-67(53-84(92)90(85)91)94-74-35-15-13-33-68(74)69-34-14-16-36-75(69)94/h1-58H. The van der Waals surface area contributed by atoms with Crippen molar-refractivity contribution < 1.29 is 0 Å². The van der Waals surface area contributed by atoms with Crippen molar-refractivity contribution in [1.82, 2.24) is 4.57 Å². The Hall–Kier alpha value is -11.6. The fourth-order valence-electron chi connectivity index (χ4n) is 15.8. The van der Waals surface area contributed by atoms with Crippen molar-refractivity contribution in [2.45, 2.75) is 0 Å². The first-order valence-corrected chi connectivity index (χ1v) is 36.9. The summed E-state index contributed by atoms with van der Waals surface area (Å²) in [7, 11) is 0. The van der Waals surface area contributed by atoms with Crippen LogP contribution in [0.15, 0.2) is 352 Å². The molecule has 0 atom stereocenters. The summed E-state index contributed by atoms with van der Waals surface area (Å²) in [6, 6.07) is 132. The molecule has 98 heavy (non-hydrogen) atoms. The van der Waals surface area contributed by atoms with E-state index in [2.05, 4.69) is 376 Å². The predicted octanol–water partition coefficient (Wildman–Crippen LogP) is 18.4. The third kappa shape index (κ3) is 9.07. The van der Waals surface area contributed by atoms with Crippen LogP contribution < -0.4 is 53.8 Å². The van der Waals surface area contributed by atoms with Crippen LogP contribution >= 0.6 is 0 Å². The van der Waals surface area contributed by atoms with Crippen LogP contribution in [-0.2, 0) is 0 Å². The zero-order valence-electron chi connectivity index (χ0n) is 53.1. The first kappa shape index (κ1) is 56.7. The Morgan fingerprint density at radius 1 is 0.214 bits per heavy atom. The van der Waals surface area contributed by atoms with Gasteiger partial charge in [0.2, 0.25) is 0 Å². The summed E-state index contributed by atoms with van der Waals surface area (Å²) in [6.07, 6.45) is 0. The zero-order chi connectivity index (χ0) is 64.4. The van der Waals surface area contributed by atoms with E-state index < -0.39 is 0 Å². The van der Waals surface area contributed by atoms with Gasteiger partial charge in [-0.1, -0.05) is 97.1 Å². The van der Waals surface area contributed by atoms with Crippen LogP contribution in [0.2, 0.25) is 0 Å². The largest absolute Gasteiger partial charge is 0.0617 e. The average molecular weight is 1380 g/mol. The number of hydrogen-bond donors (Lipinski definition) is 0. The first-order valence-electron chi connectivity index (χ1n) is 33.5. The van der Waals surface area contributed by atoms with Gasteiger partial charge in [-0.3, -0.25) is 0 Å². The van der Waals surface area contributed by atoms with Crippen molar-refractivity contribution in [2.75, 3.05) is 19.6 Å². The Balaban J connectivity index is 0.953. The second-order valence-corrected chi connectivity index (χ2v) is 30.1. The Kier molecular flexibility index (Phi) is 13.4. The summed E-state index contributed by atoms with van der Waals surface area (Å²) in [6.45, 7) is -0.279. The molecule has 0 spiro atoms. The van der Waals surface area contributed by atoms with Gasteiger partial charge in [0, 0.05) is 10.8 Å². The summed E-state index contributed by atoms with van der Waals surface area (Å²) in [5.41, 5.74) is 30.1. The number of nitrogens with zero attached hydrogens (tertiary/aromatic N) is 5. The van der Waals surface area contributed by atoms with E-state index in [1.54, 1.807) is 0 Å². The smallest absolute Gasteiger partial charge is 0.0544 e. The molecule has 0 saturated carbocycles. The molecular weight excluding hydrogens is 1320 g/mol. The molecule has 0 unspecified atom stereocenters. The predicted molar refractivity (Wildman–Crippen MR) is 416 cm³/mol. The minimum Gasteiger partial charge on any atom is -0.0617 e. The monoisotopic (exact) mass is 1380 g/mol. The molecule has 15 aromatic carbocycles. The van der Waals surface area contributed by atoms with Gasteiger partial charge in [0.05, 0.1) is 0 Å². The maximum atomic E-state index is 2.62. The van der Waals surface area contributed by atoms with Gasteiger partial charge in [0.1, 0.15) is 0 Å². The molecule has 4 aliphatic rings. The first-order chi connectivity index (χ1) is 48.6. The number of para-hydroxylation sites is 6. The molecule has 5 nitrogen and oxygen atoms in total. The fraction of sp³-hybridized carbons (Fsp3) is 0. The van der Waals surface area contributed by atoms with Gasteiger partial charge in [-0.05, 0) is 12.1 Å². The van der Waals surface area contributed by atoms with Gasteiger partial charge in [0.15, 0.2) is 0 Å². The van der Waals surface area contributed by atoms with Gasteiger partial charge >= 0.3 is 467 Å². The quantitative estimate of drug-likeness (QED) is 0.134. The van der Waals surface area contributed by atoms with E-state index in [0.29, 0.717) is 0 Å². The van der Waals surface area contributed by atoms with Crippen molar-refractivity contribution in [3.05, 3.63) is 352 Å². The van der Waals surface area contributed by atoms with Crippen LogP contribution in [-0.4, -0.2) is 41.2 Å².